The highest BCUT2D eigenvalue weighted by atomic mass is 35.5. The molecule has 0 saturated heterocycles. The van der Waals surface area contributed by atoms with E-state index in [9.17, 15) is 18.4 Å². The number of hydrogen-bond donors (Lipinski definition) is 0. The fraction of sp³-hybridized carbons (Fsp3) is 0.0833. The predicted octanol–water partition coefficient (Wildman–Crippen LogP) is 5.79. The molecule has 0 bridgehead atoms. The molecule has 0 amide bonds. The smallest absolute Gasteiger partial charge is 0.338 e. The van der Waals surface area contributed by atoms with E-state index < -0.39 is 23.0 Å². The highest BCUT2D eigenvalue weighted by Crippen LogP contribution is 2.26. The van der Waals surface area contributed by atoms with Crippen molar-refractivity contribution in [3.8, 4) is 11.1 Å². The summed E-state index contributed by atoms with van der Waals surface area (Å²) in [5.74, 6) is -1.47. The summed E-state index contributed by atoms with van der Waals surface area (Å²) < 4.78 is 38.6. The average molecular weight is 441 g/mol. The van der Waals surface area contributed by atoms with Gasteiger partial charge in [0.05, 0.1) is 23.1 Å². The monoisotopic (exact) mass is 440 g/mol. The summed E-state index contributed by atoms with van der Waals surface area (Å²) >= 11 is 5.82. The van der Waals surface area contributed by atoms with E-state index in [-0.39, 0.29) is 35.3 Å². The molecular weight excluding hydrogens is 426 g/mol. The third-order valence-corrected chi connectivity index (χ3v) is 4.93. The summed E-state index contributed by atoms with van der Waals surface area (Å²) in [5, 5.41) is 0.534. The minimum absolute atomic E-state index is 0.0428. The molecule has 0 aliphatic carbocycles. The molecule has 0 fully saturated rings. The van der Waals surface area contributed by atoms with Crippen molar-refractivity contribution in [2.75, 3.05) is 6.61 Å². The van der Waals surface area contributed by atoms with E-state index in [1.165, 1.54) is 42.5 Å². The van der Waals surface area contributed by atoms with Gasteiger partial charge in [-0.15, -0.1) is 0 Å². The van der Waals surface area contributed by atoms with Crippen molar-refractivity contribution >= 4 is 28.5 Å². The van der Waals surface area contributed by atoms with Crippen LogP contribution < -0.4 is 5.43 Å². The minimum Gasteiger partial charge on any atom is -0.462 e. The number of benzene rings is 3. The Kier molecular flexibility index (Phi) is 5.82. The number of ether oxygens (including phenoxy) is 1. The molecule has 4 aromatic rings. The molecule has 0 N–H and O–H groups in total. The maximum Gasteiger partial charge on any atom is 0.338 e. The first-order chi connectivity index (χ1) is 14.9. The lowest BCUT2D eigenvalue weighted by atomic mass is 10.0. The second-order valence-corrected chi connectivity index (χ2v) is 7.21. The third-order valence-electron chi connectivity index (χ3n) is 4.68. The molecule has 0 unspecified atom stereocenters. The number of fused-ring (bicyclic) bond motifs is 1. The zero-order chi connectivity index (χ0) is 22.0. The molecule has 4 rings (SSSR count). The molecule has 0 saturated carbocycles. The summed E-state index contributed by atoms with van der Waals surface area (Å²) in [6.45, 7) is -0.0839. The lowest BCUT2D eigenvalue weighted by molar-refractivity contribution is 0.0505. The molecule has 0 aliphatic heterocycles. The zero-order valence-corrected chi connectivity index (χ0v) is 16.8. The van der Waals surface area contributed by atoms with E-state index in [1.807, 2.05) is 0 Å². The summed E-state index contributed by atoms with van der Waals surface area (Å²) in [6, 6.07) is 15.3. The minimum atomic E-state index is -0.588. The Labute approximate surface area is 180 Å². The van der Waals surface area contributed by atoms with Gasteiger partial charge < -0.3 is 9.15 Å². The van der Waals surface area contributed by atoms with Gasteiger partial charge in [0, 0.05) is 11.4 Å². The first-order valence-electron chi connectivity index (χ1n) is 9.36. The fourth-order valence-corrected chi connectivity index (χ4v) is 3.36. The number of hydrogen-bond acceptors (Lipinski definition) is 4. The van der Waals surface area contributed by atoms with Crippen molar-refractivity contribution in [2.45, 2.75) is 6.42 Å². The van der Waals surface area contributed by atoms with Crippen LogP contribution >= 0.6 is 11.6 Å². The van der Waals surface area contributed by atoms with Gasteiger partial charge >= 0.3 is 5.97 Å². The first-order valence-corrected chi connectivity index (χ1v) is 9.74. The summed E-state index contributed by atoms with van der Waals surface area (Å²) in [6.07, 6.45) is 0.0632. The van der Waals surface area contributed by atoms with Crippen LogP contribution in [0, 0.1) is 11.6 Å². The molecule has 31 heavy (non-hydrogen) atoms. The maximum absolute atomic E-state index is 13.8. The predicted molar refractivity (Wildman–Crippen MR) is 113 cm³/mol. The van der Waals surface area contributed by atoms with Crippen LogP contribution in [-0.2, 0) is 11.2 Å². The number of carbonyl (C=O) groups is 1. The van der Waals surface area contributed by atoms with E-state index in [2.05, 4.69) is 0 Å². The SMILES string of the molecule is O=C(OCCc1oc2ccc(F)cc2c(=O)c1-c1cccc(F)c1)c1ccc(Cl)cc1. The van der Waals surface area contributed by atoms with Crippen molar-refractivity contribution in [2.24, 2.45) is 0 Å². The lowest BCUT2D eigenvalue weighted by Gasteiger charge is -2.11. The van der Waals surface area contributed by atoms with E-state index >= 15 is 0 Å². The van der Waals surface area contributed by atoms with Crippen LogP contribution in [0.2, 0.25) is 5.02 Å². The van der Waals surface area contributed by atoms with Gasteiger partial charge in [-0.3, -0.25) is 4.79 Å². The molecule has 7 heteroatoms. The van der Waals surface area contributed by atoms with Crippen LogP contribution in [0.25, 0.3) is 22.1 Å². The number of carbonyl (C=O) groups excluding carboxylic acids is 1. The van der Waals surface area contributed by atoms with Gasteiger partial charge in [0.2, 0.25) is 5.43 Å². The second kappa shape index (κ2) is 8.70. The van der Waals surface area contributed by atoms with E-state index in [0.29, 0.717) is 16.1 Å². The average Bonchev–Trinajstić information content (AvgIpc) is 2.75. The third kappa shape index (κ3) is 4.49. The molecule has 4 nitrogen and oxygen atoms in total. The molecule has 0 spiro atoms. The molecule has 1 heterocycles. The van der Waals surface area contributed by atoms with Crippen molar-refractivity contribution in [3.05, 3.63) is 105 Å². The first kappa shape index (κ1) is 20.8. The van der Waals surface area contributed by atoms with Crippen LogP contribution in [-0.4, -0.2) is 12.6 Å². The Bertz CT molecular complexity index is 1330. The molecule has 0 atom stereocenters. The maximum atomic E-state index is 13.8. The van der Waals surface area contributed by atoms with Crippen molar-refractivity contribution < 1.29 is 22.7 Å². The zero-order valence-electron chi connectivity index (χ0n) is 16.0. The Hall–Kier alpha value is -3.51. The number of esters is 1. The topological polar surface area (TPSA) is 56.5 Å². The fourth-order valence-electron chi connectivity index (χ4n) is 3.23. The lowest BCUT2D eigenvalue weighted by Crippen LogP contribution is -2.13. The highest BCUT2D eigenvalue weighted by Gasteiger charge is 2.18. The quantitative estimate of drug-likeness (QED) is 0.368. The van der Waals surface area contributed by atoms with Crippen LogP contribution in [0.3, 0.4) is 0 Å². The van der Waals surface area contributed by atoms with E-state index in [0.717, 1.165) is 6.07 Å². The highest BCUT2D eigenvalue weighted by molar-refractivity contribution is 6.30. The van der Waals surface area contributed by atoms with Gasteiger partial charge in [0.1, 0.15) is 23.0 Å². The largest absolute Gasteiger partial charge is 0.462 e. The van der Waals surface area contributed by atoms with Gasteiger partial charge in [-0.1, -0.05) is 23.7 Å². The van der Waals surface area contributed by atoms with Crippen LogP contribution in [0.4, 0.5) is 8.78 Å². The van der Waals surface area contributed by atoms with Crippen LogP contribution in [0.5, 0.6) is 0 Å². The summed E-state index contributed by atoms with van der Waals surface area (Å²) in [7, 11) is 0. The molecule has 3 aromatic carbocycles. The van der Waals surface area contributed by atoms with Gasteiger partial charge in [-0.2, -0.15) is 0 Å². The van der Waals surface area contributed by atoms with E-state index in [1.54, 1.807) is 18.2 Å². The van der Waals surface area contributed by atoms with Crippen molar-refractivity contribution in [1.82, 2.24) is 0 Å². The Morgan fingerprint density at radius 2 is 1.71 bits per heavy atom. The Balaban J connectivity index is 1.68. The Morgan fingerprint density at radius 1 is 0.968 bits per heavy atom. The Morgan fingerprint density at radius 3 is 2.45 bits per heavy atom. The number of halogens is 3. The molecule has 0 aliphatic rings. The molecule has 156 valence electrons. The normalized spacial score (nSPS) is 10.9. The van der Waals surface area contributed by atoms with Gasteiger partial charge in [0.25, 0.3) is 0 Å². The molecular formula is C24H15ClF2O4. The van der Waals surface area contributed by atoms with E-state index in [4.69, 9.17) is 20.8 Å². The molecule has 0 radical (unpaired) electrons. The van der Waals surface area contributed by atoms with Gasteiger partial charge in [-0.05, 0) is 60.2 Å². The van der Waals surface area contributed by atoms with Gasteiger partial charge in [0.15, 0.2) is 0 Å². The summed E-state index contributed by atoms with van der Waals surface area (Å²) in [4.78, 5) is 25.3. The molecule has 1 aromatic heterocycles. The second-order valence-electron chi connectivity index (χ2n) is 6.77. The number of rotatable bonds is 5. The van der Waals surface area contributed by atoms with Crippen LogP contribution in [0.1, 0.15) is 16.1 Å². The van der Waals surface area contributed by atoms with Gasteiger partial charge in [-0.25, -0.2) is 13.6 Å². The van der Waals surface area contributed by atoms with Crippen molar-refractivity contribution in [1.29, 1.82) is 0 Å². The standard InChI is InChI=1S/C24H15ClF2O4/c25-16-6-4-14(5-7-16)24(29)30-11-10-21-22(15-2-1-3-17(26)12-15)23(28)19-13-18(27)8-9-20(19)31-21/h1-9,12-13H,10-11H2. The van der Waals surface area contributed by atoms with Crippen LogP contribution in [0.15, 0.2) is 75.9 Å². The summed E-state index contributed by atoms with van der Waals surface area (Å²) in [5.41, 5.74) is 0.403. The van der Waals surface area contributed by atoms with Crippen molar-refractivity contribution in [3.63, 3.8) is 0 Å².